The highest BCUT2D eigenvalue weighted by atomic mass is 35.5. The third kappa shape index (κ3) is 6.64. The number of nitrogens with one attached hydrogen (secondary N) is 4. The van der Waals surface area contributed by atoms with Gasteiger partial charge in [0.2, 0.25) is 5.91 Å². The maximum atomic E-state index is 11.4. The number of rotatable bonds is 5. The lowest BCUT2D eigenvalue weighted by molar-refractivity contribution is -0.115. The zero-order valence-corrected chi connectivity index (χ0v) is 11.8. The average molecular weight is 287 g/mol. The fourth-order valence-corrected chi connectivity index (χ4v) is 1.38. The standard InChI is InChI=1S/C12H18N4O2.ClH/c1-3-14-12(18)16-10-6-4-5-9(7-10)15-11(17)8-13-2;/h4-7,13H,3,8H2,1-2H3,(H,15,17)(H2,14,16,18);1H. The Bertz CT molecular complexity index is 391. The number of carbonyl (C=O) groups excluding carboxylic acids is 2. The predicted molar refractivity (Wildman–Crippen MR) is 78.9 cm³/mol. The Morgan fingerprint density at radius 3 is 2.37 bits per heavy atom. The SMILES string of the molecule is CCNC(=O)Nc1cccc(NC(=O)CNC)c1.Cl. The molecule has 0 spiro atoms. The number of benzene rings is 1. The van der Waals surface area contributed by atoms with E-state index in [2.05, 4.69) is 21.3 Å². The summed E-state index contributed by atoms with van der Waals surface area (Å²) in [7, 11) is 1.70. The summed E-state index contributed by atoms with van der Waals surface area (Å²) in [5.74, 6) is -0.132. The average Bonchev–Trinajstić information content (AvgIpc) is 2.29. The molecule has 0 aliphatic heterocycles. The van der Waals surface area contributed by atoms with Crippen molar-refractivity contribution in [3.8, 4) is 0 Å². The molecule has 3 amide bonds. The van der Waals surface area contributed by atoms with Crippen LogP contribution in [0.3, 0.4) is 0 Å². The van der Waals surface area contributed by atoms with E-state index < -0.39 is 0 Å². The first-order valence-electron chi connectivity index (χ1n) is 5.75. The highest BCUT2D eigenvalue weighted by Crippen LogP contribution is 2.14. The van der Waals surface area contributed by atoms with E-state index in [9.17, 15) is 9.59 Å². The normalized spacial score (nSPS) is 9.16. The number of anilines is 2. The van der Waals surface area contributed by atoms with Crippen molar-refractivity contribution in [1.29, 1.82) is 0 Å². The topological polar surface area (TPSA) is 82.3 Å². The van der Waals surface area contributed by atoms with Crippen LogP contribution in [-0.4, -0.2) is 32.1 Å². The highest BCUT2D eigenvalue weighted by molar-refractivity contribution is 5.94. The first-order chi connectivity index (χ1) is 8.65. The molecule has 0 radical (unpaired) electrons. The minimum Gasteiger partial charge on any atom is -0.338 e. The van der Waals surface area contributed by atoms with E-state index >= 15 is 0 Å². The van der Waals surface area contributed by atoms with Crippen LogP contribution in [0.5, 0.6) is 0 Å². The van der Waals surface area contributed by atoms with Crippen molar-refractivity contribution in [2.45, 2.75) is 6.92 Å². The van der Waals surface area contributed by atoms with Crippen LogP contribution in [-0.2, 0) is 4.79 Å². The van der Waals surface area contributed by atoms with Gasteiger partial charge < -0.3 is 21.3 Å². The molecular formula is C12H19ClN4O2. The van der Waals surface area contributed by atoms with Crippen molar-refractivity contribution in [3.05, 3.63) is 24.3 Å². The molecule has 0 heterocycles. The molecule has 0 aliphatic carbocycles. The van der Waals surface area contributed by atoms with E-state index in [0.29, 0.717) is 17.9 Å². The van der Waals surface area contributed by atoms with Gasteiger partial charge in [0.25, 0.3) is 0 Å². The van der Waals surface area contributed by atoms with E-state index in [0.717, 1.165) is 0 Å². The predicted octanol–water partition coefficient (Wildman–Crippen LogP) is 1.41. The molecule has 1 aromatic carbocycles. The molecule has 0 aliphatic rings. The largest absolute Gasteiger partial charge is 0.338 e. The summed E-state index contributed by atoms with van der Waals surface area (Å²) in [5.41, 5.74) is 1.27. The van der Waals surface area contributed by atoms with Gasteiger partial charge in [0, 0.05) is 17.9 Å². The van der Waals surface area contributed by atoms with Gasteiger partial charge in [0.15, 0.2) is 0 Å². The lowest BCUT2D eigenvalue weighted by Crippen LogP contribution is -2.28. The van der Waals surface area contributed by atoms with Gasteiger partial charge in [-0.1, -0.05) is 6.07 Å². The van der Waals surface area contributed by atoms with Crippen LogP contribution in [0.4, 0.5) is 16.2 Å². The van der Waals surface area contributed by atoms with Gasteiger partial charge in [0.1, 0.15) is 0 Å². The van der Waals surface area contributed by atoms with Gasteiger partial charge in [0.05, 0.1) is 6.54 Å². The van der Waals surface area contributed by atoms with Crippen LogP contribution in [0.1, 0.15) is 6.92 Å². The summed E-state index contributed by atoms with van der Waals surface area (Å²) in [6.45, 7) is 2.65. The Morgan fingerprint density at radius 1 is 1.16 bits per heavy atom. The van der Waals surface area contributed by atoms with Gasteiger partial charge >= 0.3 is 6.03 Å². The zero-order valence-electron chi connectivity index (χ0n) is 10.9. The first-order valence-corrected chi connectivity index (χ1v) is 5.75. The molecule has 0 fully saturated rings. The second kappa shape index (κ2) is 9.18. The molecule has 0 saturated carbocycles. The van der Waals surface area contributed by atoms with E-state index in [1.54, 1.807) is 31.3 Å². The monoisotopic (exact) mass is 286 g/mol. The number of halogens is 1. The minimum absolute atomic E-state index is 0. The quantitative estimate of drug-likeness (QED) is 0.660. The minimum atomic E-state index is -0.267. The lowest BCUT2D eigenvalue weighted by Gasteiger charge is -2.09. The number of amides is 3. The Hall–Kier alpha value is -1.79. The lowest BCUT2D eigenvalue weighted by atomic mass is 10.2. The van der Waals surface area contributed by atoms with E-state index in [1.807, 2.05) is 6.92 Å². The van der Waals surface area contributed by atoms with Gasteiger partial charge in [-0.25, -0.2) is 4.79 Å². The molecule has 0 bridgehead atoms. The summed E-state index contributed by atoms with van der Waals surface area (Å²) in [4.78, 5) is 22.7. The molecule has 106 valence electrons. The van der Waals surface area contributed by atoms with E-state index in [4.69, 9.17) is 0 Å². The van der Waals surface area contributed by atoms with Crippen molar-refractivity contribution in [2.75, 3.05) is 30.8 Å². The van der Waals surface area contributed by atoms with Crippen LogP contribution in [0.15, 0.2) is 24.3 Å². The third-order valence-corrected chi connectivity index (χ3v) is 2.08. The number of carbonyl (C=O) groups is 2. The van der Waals surface area contributed by atoms with Crippen LogP contribution in [0.25, 0.3) is 0 Å². The van der Waals surface area contributed by atoms with E-state index in [1.165, 1.54) is 0 Å². The molecule has 4 N–H and O–H groups in total. The second-order valence-corrected chi connectivity index (χ2v) is 3.64. The second-order valence-electron chi connectivity index (χ2n) is 3.64. The fourth-order valence-electron chi connectivity index (χ4n) is 1.38. The molecule has 7 heteroatoms. The zero-order chi connectivity index (χ0) is 13.4. The summed E-state index contributed by atoms with van der Waals surface area (Å²) in [6, 6.07) is 6.70. The highest BCUT2D eigenvalue weighted by Gasteiger charge is 2.03. The molecule has 0 aromatic heterocycles. The molecule has 0 unspecified atom stereocenters. The first kappa shape index (κ1) is 17.2. The van der Waals surface area contributed by atoms with Crippen molar-refractivity contribution in [3.63, 3.8) is 0 Å². The van der Waals surface area contributed by atoms with Crippen molar-refractivity contribution in [1.82, 2.24) is 10.6 Å². The van der Waals surface area contributed by atoms with Gasteiger partial charge in [-0.05, 0) is 32.2 Å². The Labute approximate surface area is 118 Å². The van der Waals surface area contributed by atoms with Crippen molar-refractivity contribution < 1.29 is 9.59 Å². The maximum Gasteiger partial charge on any atom is 0.319 e. The summed E-state index contributed by atoms with van der Waals surface area (Å²) in [5, 5.41) is 10.8. The van der Waals surface area contributed by atoms with Crippen molar-refractivity contribution >= 4 is 35.7 Å². The van der Waals surface area contributed by atoms with Crippen LogP contribution in [0, 0.1) is 0 Å². The number of hydrogen-bond donors (Lipinski definition) is 4. The molecular weight excluding hydrogens is 268 g/mol. The molecule has 0 saturated heterocycles. The van der Waals surface area contributed by atoms with Gasteiger partial charge in [-0.15, -0.1) is 12.4 Å². The van der Waals surface area contributed by atoms with Crippen molar-refractivity contribution in [2.24, 2.45) is 0 Å². The smallest absolute Gasteiger partial charge is 0.319 e. The van der Waals surface area contributed by atoms with Gasteiger partial charge in [-0.2, -0.15) is 0 Å². The fraction of sp³-hybridized carbons (Fsp3) is 0.333. The van der Waals surface area contributed by atoms with Crippen LogP contribution < -0.4 is 21.3 Å². The third-order valence-electron chi connectivity index (χ3n) is 2.08. The molecule has 0 atom stereocenters. The maximum absolute atomic E-state index is 11.4. The van der Waals surface area contributed by atoms with Crippen LogP contribution in [0.2, 0.25) is 0 Å². The Balaban J connectivity index is 0.00000324. The molecule has 1 rings (SSSR count). The van der Waals surface area contributed by atoms with Crippen LogP contribution >= 0.6 is 12.4 Å². The summed E-state index contributed by atoms with van der Waals surface area (Å²) in [6.07, 6.45) is 0. The van der Waals surface area contributed by atoms with E-state index in [-0.39, 0.29) is 30.9 Å². The Kier molecular flexibility index (Phi) is 8.32. The number of urea groups is 1. The summed E-state index contributed by atoms with van der Waals surface area (Å²) >= 11 is 0. The molecule has 1 aromatic rings. The molecule has 19 heavy (non-hydrogen) atoms. The summed E-state index contributed by atoms with van der Waals surface area (Å²) < 4.78 is 0. The van der Waals surface area contributed by atoms with Gasteiger partial charge in [-0.3, -0.25) is 4.79 Å². The number of hydrogen-bond acceptors (Lipinski definition) is 3. The molecule has 6 nitrogen and oxygen atoms in total. The Morgan fingerprint density at radius 2 is 1.79 bits per heavy atom. The number of likely N-dealkylation sites (N-methyl/N-ethyl adjacent to an activating group) is 1.